The normalized spacial score (nSPS) is 10.3. The molecule has 5 heteroatoms. The van der Waals surface area contributed by atoms with Crippen molar-refractivity contribution >= 4 is 5.97 Å². The molecule has 0 aliphatic heterocycles. The number of aromatic carboxylic acids is 1. The van der Waals surface area contributed by atoms with Crippen molar-refractivity contribution < 1.29 is 9.90 Å². The molecule has 1 aromatic carbocycles. The molecule has 82 valence electrons. The van der Waals surface area contributed by atoms with Gasteiger partial charge in [0.1, 0.15) is 0 Å². The summed E-state index contributed by atoms with van der Waals surface area (Å²) in [5.74, 6) is -1.07. The van der Waals surface area contributed by atoms with Gasteiger partial charge in [-0.15, -0.1) is 5.10 Å². The molecule has 0 fully saturated rings. The zero-order valence-corrected chi connectivity index (χ0v) is 8.79. The molecule has 1 N–H and O–H groups in total. The molecule has 2 rings (SSSR count). The van der Waals surface area contributed by atoms with Crippen molar-refractivity contribution in [1.82, 2.24) is 15.0 Å². The van der Waals surface area contributed by atoms with Crippen molar-refractivity contribution in [3.63, 3.8) is 0 Å². The van der Waals surface area contributed by atoms with E-state index in [1.165, 1.54) is 16.4 Å². The molecule has 0 saturated carbocycles. The summed E-state index contributed by atoms with van der Waals surface area (Å²) < 4.78 is 1.46. The molecule has 0 amide bonds. The molecule has 1 aromatic heterocycles. The van der Waals surface area contributed by atoms with Gasteiger partial charge in [0.25, 0.3) is 0 Å². The molecule has 0 spiro atoms. The molecule has 0 unspecified atom stereocenters. The van der Waals surface area contributed by atoms with Crippen LogP contribution in [-0.2, 0) is 6.42 Å². The Bertz CT molecular complexity index is 519. The average molecular weight is 217 g/mol. The maximum Gasteiger partial charge on any atom is 0.358 e. The molecule has 0 radical (unpaired) electrons. The number of carbonyl (C=O) groups is 1. The fourth-order valence-corrected chi connectivity index (χ4v) is 1.41. The van der Waals surface area contributed by atoms with E-state index in [1.807, 2.05) is 24.3 Å². The smallest absolute Gasteiger partial charge is 0.358 e. The van der Waals surface area contributed by atoms with E-state index in [0.717, 1.165) is 12.1 Å². The van der Waals surface area contributed by atoms with Gasteiger partial charge in [-0.1, -0.05) is 24.3 Å². The highest BCUT2D eigenvalue weighted by Gasteiger charge is 2.09. The number of aryl methyl sites for hydroxylation is 1. The summed E-state index contributed by atoms with van der Waals surface area (Å²) >= 11 is 0. The van der Waals surface area contributed by atoms with Crippen molar-refractivity contribution in [1.29, 1.82) is 0 Å². The van der Waals surface area contributed by atoms with E-state index in [1.54, 1.807) is 0 Å². The minimum atomic E-state index is -1.07. The largest absolute Gasteiger partial charge is 0.476 e. The van der Waals surface area contributed by atoms with Gasteiger partial charge in [0.15, 0.2) is 5.69 Å². The number of rotatable bonds is 3. The van der Waals surface area contributed by atoms with Gasteiger partial charge in [0.2, 0.25) is 0 Å². The lowest BCUT2D eigenvalue weighted by molar-refractivity contribution is 0.0690. The highest BCUT2D eigenvalue weighted by atomic mass is 16.4. The number of carboxylic acid groups (broad SMARTS) is 1. The predicted octanol–water partition coefficient (Wildman–Crippen LogP) is 1.53. The molecule has 1 heterocycles. The van der Waals surface area contributed by atoms with Crippen LogP contribution in [0.15, 0.2) is 30.5 Å². The lowest BCUT2D eigenvalue weighted by Gasteiger charge is -2.01. The van der Waals surface area contributed by atoms with Gasteiger partial charge in [0, 0.05) is 0 Å². The molecule has 0 bridgehead atoms. The van der Waals surface area contributed by atoms with E-state index in [4.69, 9.17) is 5.11 Å². The Morgan fingerprint density at radius 3 is 2.94 bits per heavy atom. The second-order valence-corrected chi connectivity index (χ2v) is 3.38. The summed E-state index contributed by atoms with van der Waals surface area (Å²) in [7, 11) is 0. The number of benzene rings is 1. The highest BCUT2D eigenvalue weighted by molar-refractivity contribution is 5.84. The maximum atomic E-state index is 10.7. The Labute approximate surface area is 92.3 Å². The van der Waals surface area contributed by atoms with Gasteiger partial charge in [-0.3, -0.25) is 0 Å². The zero-order valence-electron chi connectivity index (χ0n) is 8.79. The minimum absolute atomic E-state index is 0.0538. The minimum Gasteiger partial charge on any atom is -0.476 e. The van der Waals surface area contributed by atoms with Crippen molar-refractivity contribution in [3.8, 4) is 5.69 Å². The van der Waals surface area contributed by atoms with Crippen molar-refractivity contribution in [2.45, 2.75) is 13.3 Å². The van der Waals surface area contributed by atoms with Crippen molar-refractivity contribution in [2.24, 2.45) is 0 Å². The van der Waals surface area contributed by atoms with Crippen LogP contribution < -0.4 is 0 Å². The molecule has 0 aliphatic rings. The van der Waals surface area contributed by atoms with Crippen LogP contribution in [-0.4, -0.2) is 26.1 Å². The lowest BCUT2D eigenvalue weighted by Crippen LogP contribution is -1.96. The topological polar surface area (TPSA) is 68.0 Å². The molecule has 0 saturated heterocycles. The summed E-state index contributed by atoms with van der Waals surface area (Å²) in [5, 5.41) is 16.1. The van der Waals surface area contributed by atoms with E-state index in [9.17, 15) is 4.79 Å². The summed E-state index contributed by atoms with van der Waals surface area (Å²) in [6.45, 7) is 2.06. The van der Waals surface area contributed by atoms with Crippen LogP contribution in [0.1, 0.15) is 23.0 Å². The molecule has 16 heavy (non-hydrogen) atoms. The molecular weight excluding hydrogens is 206 g/mol. The van der Waals surface area contributed by atoms with E-state index >= 15 is 0 Å². The third-order valence-electron chi connectivity index (χ3n) is 2.30. The number of hydrogen-bond donors (Lipinski definition) is 1. The summed E-state index contributed by atoms with van der Waals surface area (Å²) in [6.07, 6.45) is 2.32. The first-order valence-electron chi connectivity index (χ1n) is 4.95. The lowest BCUT2D eigenvalue weighted by atomic mass is 10.1. The van der Waals surface area contributed by atoms with Gasteiger partial charge in [-0.05, 0) is 24.1 Å². The van der Waals surface area contributed by atoms with E-state index in [-0.39, 0.29) is 5.69 Å². The molecule has 0 aliphatic carbocycles. The fourth-order valence-electron chi connectivity index (χ4n) is 1.41. The Morgan fingerprint density at radius 2 is 2.31 bits per heavy atom. The summed E-state index contributed by atoms with van der Waals surface area (Å²) in [4.78, 5) is 10.7. The number of nitrogens with zero attached hydrogens (tertiary/aromatic N) is 3. The van der Waals surface area contributed by atoms with Gasteiger partial charge < -0.3 is 5.11 Å². The zero-order chi connectivity index (χ0) is 11.5. The van der Waals surface area contributed by atoms with E-state index in [2.05, 4.69) is 17.2 Å². The molecule has 5 nitrogen and oxygen atoms in total. The standard InChI is InChI=1S/C11H11N3O2/c1-2-8-4-3-5-9(6-8)14-7-10(11(15)16)12-13-14/h3-7H,2H2,1H3,(H,15,16). The number of hydrogen-bond acceptors (Lipinski definition) is 3. The monoisotopic (exact) mass is 217 g/mol. The fraction of sp³-hybridized carbons (Fsp3) is 0.182. The Kier molecular flexibility index (Phi) is 2.68. The van der Waals surface area contributed by atoms with Crippen LogP contribution in [0.25, 0.3) is 5.69 Å². The van der Waals surface area contributed by atoms with Crippen molar-refractivity contribution in [3.05, 3.63) is 41.7 Å². The Morgan fingerprint density at radius 1 is 1.50 bits per heavy atom. The third kappa shape index (κ3) is 1.93. The van der Waals surface area contributed by atoms with Gasteiger partial charge >= 0.3 is 5.97 Å². The average Bonchev–Trinajstić information content (AvgIpc) is 2.78. The van der Waals surface area contributed by atoms with E-state index < -0.39 is 5.97 Å². The SMILES string of the molecule is CCc1cccc(-n2cc(C(=O)O)nn2)c1. The second kappa shape index (κ2) is 4.14. The summed E-state index contributed by atoms with van der Waals surface area (Å²) in [5.41, 5.74) is 1.94. The quantitative estimate of drug-likeness (QED) is 0.846. The van der Waals surface area contributed by atoms with Crippen LogP contribution in [0.4, 0.5) is 0 Å². The van der Waals surface area contributed by atoms with Crippen LogP contribution in [0.2, 0.25) is 0 Å². The Balaban J connectivity index is 2.38. The number of carboxylic acids is 1. The van der Waals surface area contributed by atoms with Crippen LogP contribution in [0, 0.1) is 0 Å². The first kappa shape index (κ1) is 10.4. The van der Waals surface area contributed by atoms with Crippen LogP contribution in [0.5, 0.6) is 0 Å². The number of aromatic nitrogens is 3. The Hall–Kier alpha value is -2.17. The highest BCUT2D eigenvalue weighted by Crippen LogP contribution is 2.10. The van der Waals surface area contributed by atoms with Gasteiger partial charge in [-0.25, -0.2) is 9.48 Å². The van der Waals surface area contributed by atoms with Gasteiger partial charge in [0.05, 0.1) is 11.9 Å². The molecule has 2 aromatic rings. The first-order valence-corrected chi connectivity index (χ1v) is 4.95. The van der Waals surface area contributed by atoms with Crippen LogP contribution in [0.3, 0.4) is 0 Å². The summed E-state index contributed by atoms with van der Waals surface area (Å²) in [6, 6.07) is 7.74. The first-order chi connectivity index (χ1) is 7.70. The maximum absolute atomic E-state index is 10.7. The van der Waals surface area contributed by atoms with Crippen LogP contribution >= 0.6 is 0 Å². The van der Waals surface area contributed by atoms with E-state index in [0.29, 0.717) is 0 Å². The third-order valence-corrected chi connectivity index (χ3v) is 2.30. The molecule has 0 atom stereocenters. The second-order valence-electron chi connectivity index (χ2n) is 3.38. The van der Waals surface area contributed by atoms with Gasteiger partial charge in [-0.2, -0.15) is 0 Å². The molecular formula is C11H11N3O2. The predicted molar refractivity (Wildman–Crippen MR) is 57.7 cm³/mol. The van der Waals surface area contributed by atoms with Crippen molar-refractivity contribution in [2.75, 3.05) is 0 Å².